The second kappa shape index (κ2) is 7.09. The third kappa shape index (κ3) is 3.86. The van der Waals surface area contributed by atoms with Gasteiger partial charge in [0.2, 0.25) is 0 Å². The maximum atomic E-state index is 12.0. The van der Waals surface area contributed by atoms with Gasteiger partial charge in [-0.1, -0.05) is 59.1 Å². The van der Waals surface area contributed by atoms with Gasteiger partial charge < -0.3 is 10.4 Å². The van der Waals surface area contributed by atoms with E-state index in [0.717, 1.165) is 11.1 Å². The summed E-state index contributed by atoms with van der Waals surface area (Å²) in [6.07, 6.45) is 1.27. The molecule has 0 saturated carbocycles. The number of amides is 1. The lowest BCUT2D eigenvalue weighted by Gasteiger charge is -2.08. The zero-order valence-electron chi connectivity index (χ0n) is 10.7. The van der Waals surface area contributed by atoms with E-state index in [1.54, 1.807) is 18.2 Å². The molecule has 2 rings (SSSR count). The molecule has 2 aromatic rings. The Kier molecular flexibility index (Phi) is 5.42. The van der Waals surface area contributed by atoms with Crippen molar-refractivity contribution in [3.8, 4) is 0 Å². The molecule has 0 radical (unpaired) electrons. The van der Waals surface area contributed by atoms with Crippen molar-refractivity contribution in [1.82, 2.24) is 10.3 Å². The number of benzene rings is 1. The number of rotatable bonds is 4. The van der Waals surface area contributed by atoms with Crippen LogP contribution in [0, 0.1) is 0 Å². The molecule has 0 spiro atoms. The van der Waals surface area contributed by atoms with Gasteiger partial charge in [0.15, 0.2) is 0 Å². The van der Waals surface area contributed by atoms with Crippen molar-refractivity contribution in [2.24, 2.45) is 0 Å². The van der Waals surface area contributed by atoms with Crippen LogP contribution < -0.4 is 5.32 Å². The summed E-state index contributed by atoms with van der Waals surface area (Å²) in [6.45, 7) is 0.229. The first kappa shape index (κ1) is 16.0. The van der Waals surface area contributed by atoms with Crippen LogP contribution in [0.5, 0.6) is 0 Å². The van der Waals surface area contributed by atoms with Crippen LogP contribution in [0.3, 0.4) is 0 Å². The van der Waals surface area contributed by atoms with Crippen molar-refractivity contribution >= 4 is 40.7 Å². The van der Waals surface area contributed by atoms with Crippen molar-refractivity contribution < 1.29 is 9.90 Å². The van der Waals surface area contributed by atoms with E-state index < -0.39 is 5.91 Å². The van der Waals surface area contributed by atoms with Gasteiger partial charge in [0.05, 0.1) is 21.7 Å². The summed E-state index contributed by atoms with van der Waals surface area (Å²) in [5, 5.41) is 12.1. The van der Waals surface area contributed by atoms with Gasteiger partial charge in [0.1, 0.15) is 5.69 Å². The predicted molar refractivity (Wildman–Crippen MR) is 82.8 cm³/mol. The highest BCUT2D eigenvalue weighted by Gasteiger charge is 2.16. The number of aliphatic hydroxyl groups excluding tert-OH is 1. The monoisotopic (exact) mass is 344 g/mol. The van der Waals surface area contributed by atoms with Crippen LogP contribution in [-0.4, -0.2) is 16.0 Å². The Hall–Kier alpha value is -1.33. The molecule has 21 heavy (non-hydrogen) atoms. The lowest BCUT2D eigenvalue weighted by atomic mass is 10.1. The minimum atomic E-state index is -0.451. The Balaban J connectivity index is 2.10. The molecule has 0 atom stereocenters. The van der Waals surface area contributed by atoms with E-state index in [9.17, 15) is 4.79 Å². The summed E-state index contributed by atoms with van der Waals surface area (Å²) in [7, 11) is 0. The lowest BCUT2D eigenvalue weighted by molar-refractivity contribution is 0.0946. The summed E-state index contributed by atoms with van der Waals surface area (Å²) in [5.41, 5.74) is 1.64. The van der Waals surface area contributed by atoms with Crippen LogP contribution in [0.15, 0.2) is 30.5 Å². The van der Waals surface area contributed by atoms with Crippen molar-refractivity contribution in [1.29, 1.82) is 0 Å². The fourth-order valence-corrected chi connectivity index (χ4v) is 2.27. The van der Waals surface area contributed by atoms with E-state index in [1.807, 2.05) is 6.07 Å². The second-order valence-electron chi connectivity index (χ2n) is 4.24. The molecule has 0 aliphatic heterocycles. The molecule has 110 valence electrons. The molecule has 1 heterocycles. The van der Waals surface area contributed by atoms with E-state index in [0.29, 0.717) is 0 Å². The van der Waals surface area contributed by atoms with Gasteiger partial charge in [-0.2, -0.15) is 0 Å². The van der Waals surface area contributed by atoms with Crippen molar-refractivity contribution in [2.45, 2.75) is 13.2 Å². The van der Waals surface area contributed by atoms with Gasteiger partial charge in [-0.15, -0.1) is 0 Å². The summed E-state index contributed by atoms with van der Waals surface area (Å²) in [5.74, 6) is -0.451. The number of hydrogen-bond donors (Lipinski definition) is 2. The van der Waals surface area contributed by atoms with Gasteiger partial charge in [-0.25, -0.2) is 4.98 Å². The first-order valence-corrected chi connectivity index (χ1v) is 7.12. The van der Waals surface area contributed by atoms with Gasteiger partial charge >= 0.3 is 0 Å². The summed E-state index contributed by atoms with van der Waals surface area (Å²) < 4.78 is 0. The maximum Gasteiger partial charge on any atom is 0.271 e. The van der Waals surface area contributed by atoms with Crippen LogP contribution in [-0.2, 0) is 13.2 Å². The number of carbonyl (C=O) groups is 1. The molecule has 0 aliphatic carbocycles. The van der Waals surface area contributed by atoms with Crippen LogP contribution >= 0.6 is 34.8 Å². The third-order valence-electron chi connectivity index (χ3n) is 2.76. The average molecular weight is 346 g/mol. The maximum absolute atomic E-state index is 12.0. The number of aromatic nitrogens is 1. The molecule has 7 heteroatoms. The predicted octanol–water partition coefficient (Wildman–Crippen LogP) is 3.46. The van der Waals surface area contributed by atoms with Gasteiger partial charge in [0, 0.05) is 12.7 Å². The molecule has 0 bridgehead atoms. The fraction of sp³-hybridized carbons (Fsp3) is 0.143. The van der Waals surface area contributed by atoms with Crippen LogP contribution in [0.25, 0.3) is 0 Å². The van der Waals surface area contributed by atoms with Gasteiger partial charge in [0.25, 0.3) is 5.91 Å². The van der Waals surface area contributed by atoms with Crippen molar-refractivity contribution in [3.05, 3.63) is 62.4 Å². The highest BCUT2D eigenvalue weighted by atomic mass is 35.5. The lowest BCUT2D eigenvalue weighted by Crippen LogP contribution is -2.24. The Morgan fingerprint density at radius 2 is 1.90 bits per heavy atom. The van der Waals surface area contributed by atoms with E-state index in [4.69, 9.17) is 39.9 Å². The highest BCUT2D eigenvalue weighted by molar-refractivity contribution is 6.48. The minimum Gasteiger partial charge on any atom is -0.392 e. The molecule has 0 aliphatic rings. The van der Waals surface area contributed by atoms with Crippen LogP contribution in [0.4, 0.5) is 0 Å². The molecule has 0 fully saturated rings. The van der Waals surface area contributed by atoms with E-state index in [1.165, 1.54) is 6.20 Å². The Bertz CT molecular complexity index is 677. The molecule has 4 nitrogen and oxygen atoms in total. The molecule has 1 aromatic heterocycles. The Morgan fingerprint density at radius 1 is 1.19 bits per heavy atom. The van der Waals surface area contributed by atoms with Crippen molar-refractivity contribution in [2.75, 3.05) is 0 Å². The molecular formula is C14H11Cl3N2O2. The number of pyridine rings is 1. The van der Waals surface area contributed by atoms with Crippen molar-refractivity contribution in [3.63, 3.8) is 0 Å². The Labute approximate surface area is 136 Å². The van der Waals surface area contributed by atoms with E-state index in [-0.39, 0.29) is 33.9 Å². The SMILES string of the molecule is O=C(NCc1cccc(CO)c1)c1ncc(Cl)c(Cl)c1Cl. The number of nitrogens with zero attached hydrogens (tertiary/aromatic N) is 1. The minimum absolute atomic E-state index is 0.0179. The zero-order chi connectivity index (χ0) is 15.4. The van der Waals surface area contributed by atoms with E-state index in [2.05, 4.69) is 10.3 Å². The zero-order valence-corrected chi connectivity index (χ0v) is 13.0. The molecule has 1 aromatic carbocycles. The number of nitrogens with one attached hydrogen (secondary N) is 1. The number of aliphatic hydroxyl groups is 1. The fourth-order valence-electron chi connectivity index (χ4n) is 1.71. The normalized spacial score (nSPS) is 10.5. The quantitative estimate of drug-likeness (QED) is 0.892. The second-order valence-corrected chi connectivity index (χ2v) is 5.41. The largest absolute Gasteiger partial charge is 0.392 e. The number of hydrogen-bond acceptors (Lipinski definition) is 3. The molecule has 1 amide bonds. The summed E-state index contributed by atoms with van der Waals surface area (Å²) in [6, 6.07) is 7.23. The summed E-state index contributed by atoms with van der Waals surface area (Å²) in [4.78, 5) is 15.9. The molecular weight excluding hydrogens is 335 g/mol. The number of halogens is 3. The van der Waals surface area contributed by atoms with Crippen LogP contribution in [0.2, 0.25) is 15.1 Å². The smallest absolute Gasteiger partial charge is 0.271 e. The molecule has 0 saturated heterocycles. The average Bonchev–Trinajstić information content (AvgIpc) is 2.50. The first-order chi connectivity index (χ1) is 10.0. The first-order valence-electron chi connectivity index (χ1n) is 5.99. The third-order valence-corrected chi connectivity index (χ3v) is 4.00. The van der Waals surface area contributed by atoms with Crippen LogP contribution in [0.1, 0.15) is 21.6 Å². The van der Waals surface area contributed by atoms with Gasteiger partial charge in [-0.3, -0.25) is 4.79 Å². The highest BCUT2D eigenvalue weighted by Crippen LogP contribution is 2.30. The standard InChI is InChI=1S/C14H11Cl3N2O2/c15-10-6-18-13(12(17)11(10)16)14(21)19-5-8-2-1-3-9(4-8)7-20/h1-4,6,20H,5,7H2,(H,19,21). The molecule has 2 N–H and O–H groups in total. The summed E-state index contributed by atoms with van der Waals surface area (Å²) >= 11 is 17.6. The number of carbonyl (C=O) groups excluding carboxylic acids is 1. The Morgan fingerprint density at radius 3 is 2.62 bits per heavy atom. The van der Waals surface area contributed by atoms with Gasteiger partial charge in [-0.05, 0) is 11.1 Å². The topological polar surface area (TPSA) is 62.2 Å². The van der Waals surface area contributed by atoms with E-state index >= 15 is 0 Å². The molecule has 0 unspecified atom stereocenters.